The molecule has 1 aromatic rings. The van der Waals surface area contributed by atoms with E-state index in [1.165, 1.54) is 6.07 Å². The number of rotatable bonds is 2. The van der Waals surface area contributed by atoms with Gasteiger partial charge in [-0.15, -0.1) is 0 Å². The highest BCUT2D eigenvalue weighted by Gasteiger charge is 1.96. The monoisotopic (exact) mass is 202 g/mol. The van der Waals surface area contributed by atoms with Crippen LogP contribution in [0.5, 0.6) is 0 Å². The van der Waals surface area contributed by atoms with Gasteiger partial charge < -0.3 is 0 Å². The third kappa shape index (κ3) is 2.80. The molecule has 1 rings (SSSR count). The number of nitrogens with zero attached hydrogens (tertiary/aromatic N) is 2. The van der Waals surface area contributed by atoms with E-state index < -0.39 is 0 Å². The van der Waals surface area contributed by atoms with Crippen molar-refractivity contribution in [1.82, 2.24) is 9.97 Å². The van der Waals surface area contributed by atoms with Crippen molar-refractivity contribution < 1.29 is 0 Å². The van der Waals surface area contributed by atoms with Crippen LogP contribution in [0, 0.1) is 0 Å². The molecule has 2 nitrogen and oxygen atoms in total. The standard InChI is InChI=1S/C8H8Cl2N2/c1-2-3-4-8-11-6(9)5-7(10)12-8/h3-5H,2H2,1H3/b4-3+. The molecular formula is C8H8Cl2N2. The largest absolute Gasteiger partial charge is 0.217 e. The Balaban J connectivity index is 2.93. The molecule has 0 aliphatic heterocycles. The molecule has 0 amide bonds. The van der Waals surface area contributed by atoms with E-state index in [0.717, 1.165) is 6.42 Å². The molecule has 0 fully saturated rings. The van der Waals surface area contributed by atoms with Crippen LogP contribution in [0.25, 0.3) is 6.08 Å². The molecule has 0 aliphatic carbocycles. The summed E-state index contributed by atoms with van der Waals surface area (Å²) in [7, 11) is 0. The summed E-state index contributed by atoms with van der Waals surface area (Å²) < 4.78 is 0. The SMILES string of the molecule is CC/C=C/c1nc(Cl)cc(Cl)n1. The summed E-state index contributed by atoms with van der Waals surface area (Å²) in [4.78, 5) is 7.91. The van der Waals surface area contributed by atoms with E-state index in [9.17, 15) is 0 Å². The van der Waals surface area contributed by atoms with Crippen molar-refractivity contribution in [2.45, 2.75) is 13.3 Å². The quantitative estimate of drug-likeness (QED) is 0.689. The van der Waals surface area contributed by atoms with Crippen LogP contribution in [0.1, 0.15) is 19.2 Å². The molecule has 0 spiro atoms. The summed E-state index contributed by atoms with van der Waals surface area (Å²) in [5, 5.41) is 0.733. The van der Waals surface area contributed by atoms with E-state index >= 15 is 0 Å². The minimum absolute atomic E-state index is 0.366. The van der Waals surface area contributed by atoms with Crippen molar-refractivity contribution in [3.05, 3.63) is 28.3 Å². The molecule has 0 aliphatic rings. The lowest BCUT2D eigenvalue weighted by atomic mass is 10.4. The van der Waals surface area contributed by atoms with Gasteiger partial charge in [-0.05, 0) is 12.5 Å². The zero-order valence-corrected chi connectivity index (χ0v) is 8.10. The summed E-state index contributed by atoms with van der Waals surface area (Å²) in [5.74, 6) is 0.550. The Bertz CT molecular complexity index is 277. The van der Waals surface area contributed by atoms with Gasteiger partial charge in [-0.3, -0.25) is 0 Å². The predicted octanol–water partition coefficient (Wildman–Crippen LogP) is 3.21. The van der Waals surface area contributed by atoms with Crippen LogP contribution in [-0.4, -0.2) is 9.97 Å². The van der Waals surface area contributed by atoms with Gasteiger partial charge in [0.25, 0.3) is 0 Å². The second kappa shape index (κ2) is 4.43. The molecule has 0 N–H and O–H groups in total. The fraction of sp³-hybridized carbons (Fsp3) is 0.250. The van der Waals surface area contributed by atoms with Gasteiger partial charge in [0.1, 0.15) is 10.3 Å². The van der Waals surface area contributed by atoms with Crippen molar-refractivity contribution in [3.63, 3.8) is 0 Å². The Hall–Kier alpha value is -0.600. The lowest BCUT2D eigenvalue weighted by Gasteiger charge is -1.94. The first-order valence-corrected chi connectivity index (χ1v) is 4.34. The molecule has 1 aromatic heterocycles. The Kier molecular flexibility index (Phi) is 3.50. The van der Waals surface area contributed by atoms with Crippen molar-refractivity contribution >= 4 is 29.3 Å². The van der Waals surface area contributed by atoms with Crippen LogP contribution >= 0.6 is 23.2 Å². The van der Waals surface area contributed by atoms with E-state index in [-0.39, 0.29) is 0 Å². The Morgan fingerprint density at radius 1 is 1.33 bits per heavy atom. The molecular weight excluding hydrogens is 195 g/mol. The second-order valence-electron chi connectivity index (χ2n) is 2.18. The average molecular weight is 203 g/mol. The van der Waals surface area contributed by atoms with Crippen molar-refractivity contribution in [2.75, 3.05) is 0 Å². The number of halogens is 2. The maximum Gasteiger partial charge on any atom is 0.155 e. The fourth-order valence-electron chi connectivity index (χ4n) is 0.704. The van der Waals surface area contributed by atoms with Crippen LogP contribution in [0.15, 0.2) is 12.1 Å². The van der Waals surface area contributed by atoms with Crippen LogP contribution in [0.3, 0.4) is 0 Å². The smallest absolute Gasteiger partial charge is 0.155 e. The predicted molar refractivity (Wildman–Crippen MR) is 51.4 cm³/mol. The van der Waals surface area contributed by atoms with Crippen LogP contribution in [-0.2, 0) is 0 Å². The number of allylic oxidation sites excluding steroid dienone is 1. The molecule has 0 saturated heterocycles. The lowest BCUT2D eigenvalue weighted by Crippen LogP contribution is -1.87. The molecule has 0 atom stereocenters. The van der Waals surface area contributed by atoms with Gasteiger partial charge in [-0.2, -0.15) is 0 Å². The van der Waals surface area contributed by atoms with Gasteiger partial charge in [0.2, 0.25) is 0 Å². The molecule has 0 unspecified atom stereocenters. The molecule has 12 heavy (non-hydrogen) atoms. The number of hydrogen-bond acceptors (Lipinski definition) is 2. The average Bonchev–Trinajstić information content (AvgIpc) is 1.99. The summed E-state index contributed by atoms with van der Waals surface area (Å²) in [6.07, 6.45) is 4.67. The number of hydrogen-bond donors (Lipinski definition) is 0. The molecule has 1 heterocycles. The van der Waals surface area contributed by atoms with Crippen LogP contribution in [0.4, 0.5) is 0 Å². The molecule has 0 aromatic carbocycles. The highest BCUT2D eigenvalue weighted by molar-refractivity contribution is 6.33. The summed E-state index contributed by atoms with van der Waals surface area (Å²) in [5.41, 5.74) is 0. The van der Waals surface area contributed by atoms with E-state index in [1.54, 1.807) is 6.08 Å². The van der Waals surface area contributed by atoms with Gasteiger partial charge in [0.15, 0.2) is 5.82 Å². The summed E-state index contributed by atoms with van der Waals surface area (Å²) in [6, 6.07) is 1.51. The maximum atomic E-state index is 5.66. The summed E-state index contributed by atoms with van der Waals surface area (Å²) >= 11 is 11.3. The van der Waals surface area contributed by atoms with Crippen molar-refractivity contribution in [3.8, 4) is 0 Å². The minimum Gasteiger partial charge on any atom is -0.217 e. The zero-order valence-electron chi connectivity index (χ0n) is 6.59. The maximum absolute atomic E-state index is 5.66. The van der Waals surface area contributed by atoms with Gasteiger partial charge in [0, 0.05) is 6.07 Å². The van der Waals surface area contributed by atoms with Crippen molar-refractivity contribution in [2.24, 2.45) is 0 Å². The third-order valence-electron chi connectivity index (χ3n) is 1.18. The molecule has 4 heteroatoms. The third-order valence-corrected chi connectivity index (χ3v) is 1.57. The highest BCUT2D eigenvalue weighted by atomic mass is 35.5. The molecule has 64 valence electrons. The Morgan fingerprint density at radius 2 is 1.92 bits per heavy atom. The lowest BCUT2D eigenvalue weighted by molar-refractivity contribution is 1.13. The molecule has 0 saturated carbocycles. The molecule has 0 bridgehead atoms. The highest BCUT2D eigenvalue weighted by Crippen LogP contribution is 2.12. The van der Waals surface area contributed by atoms with E-state index in [0.29, 0.717) is 16.1 Å². The van der Waals surface area contributed by atoms with Crippen LogP contribution < -0.4 is 0 Å². The first kappa shape index (κ1) is 9.49. The first-order valence-electron chi connectivity index (χ1n) is 3.59. The Morgan fingerprint density at radius 3 is 2.42 bits per heavy atom. The van der Waals surface area contributed by atoms with Crippen LogP contribution in [0.2, 0.25) is 10.3 Å². The molecule has 0 radical (unpaired) electrons. The topological polar surface area (TPSA) is 25.8 Å². The van der Waals surface area contributed by atoms with Crippen molar-refractivity contribution in [1.29, 1.82) is 0 Å². The van der Waals surface area contributed by atoms with E-state index in [4.69, 9.17) is 23.2 Å². The zero-order chi connectivity index (χ0) is 8.97. The summed E-state index contributed by atoms with van der Waals surface area (Å²) in [6.45, 7) is 2.03. The first-order chi connectivity index (χ1) is 5.72. The van der Waals surface area contributed by atoms with Gasteiger partial charge in [0.05, 0.1) is 0 Å². The van der Waals surface area contributed by atoms with Gasteiger partial charge in [-0.25, -0.2) is 9.97 Å². The second-order valence-corrected chi connectivity index (χ2v) is 2.96. The fourth-order valence-corrected chi connectivity index (χ4v) is 1.14. The minimum atomic E-state index is 0.366. The van der Waals surface area contributed by atoms with Gasteiger partial charge >= 0.3 is 0 Å². The van der Waals surface area contributed by atoms with Gasteiger partial charge in [-0.1, -0.05) is 36.2 Å². The number of aromatic nitrogens is 2. The van der Waals surface area contributed by atoms with E-state index in [2.05, 4.69) is 9.97 Å². The Labute approximate surface area is 81.2 Å². The normalized spacial score (nSPS) is 10.9. The van der Waals surface area contributed by atoms with E-state index in [1.807, 2.05) is 13.0 Å².